The second-order valence-electron chi connectivity index (χ2n) is 5.29. The lowest BCUT2D eigenvalue weighted by Gasteiger charge is -2.05. The molecular formula is C15H13N7O. The third-order valence-electron chi connectivity index (χ3n) is 3.70. The molecule has 0 aliphatic carbocycles. The molecule has 1 aromatic carbocycles. The van der Waals surface area contributed by atoms with Crippen molar-refractivity contribution in [1.82, 2.24) is 30.2 Å². The number of amides is 1. The number of anilines is 1. The van der Waals surface area contributed by atoms with E-state index in [-0.39, 0.29) is 5.91 Å². The number of aromatic nitrogens is 6. The van der Waals surface area contributed by atoms with Crippen LogP contribution in [-0.2, 0) is 7.05 Å². The average molecular weight is 307 g/mol. The van der Waals surface area contributed by atoms with Gasteiger partial charge < -0.3 is 5.32 Å². The quantitative estimate of drug-likeness (QED) is 0.588. The first-order valence-corrected chi connectivity index (χ1v) is 7.03. The number of nitrogens with one attached hydrogen (secondary N) is 2. The highest BCUT2D eigenvalue weighted by Gasteiger charge is 2.11. The number of pyridine rings is 1. The van der Waals surface area contributed by atoms with E-state index < -0.39 is 0 Å². The topological polar surface area (TPSA) is 101 Å². The van der Waals surface area contributed by atoms with E-state index in [1.807, 2.05) is 20.0 Å². The summed E-state index contributed by atoms with van der Waals surface area (Å²) in [6.07, 6.45) is 1.62. The van der Waals surface area contributed by atoms with E-state index in [2.05, 4.69) is 30.8 Å². The maximum Gasteiger partial charge on any atom is 0.255 e. The largest absolute Gasteiger partial charge is 0.321 e. The van der Waals surface area contributed by atoms with Crippen molar-refractivity contribution in [3.8, 4) is 0 Å². The zero-order chi connectivity index (χ0) is 16.0. The number of carbonyl (C=O) groups is 1. The Kier molecular flexibility index (Phi) is 2.83. The number of H-pyrrole nitrogens is 1. The van der Waals surface area contributed by atoms with E-state index in [1.54, 1.807) is 29.1 Å². The molecule has 0 bridgehead atoms. The summed E-state index contributed by atoms with van der Waals surface area (Å²) in [6.45, 7) is 1.91. The minimum Gasteiger partial charge on any atom is -0.321 e. The number of hydrogen-bond acceptors (Lipinski definition) is 5. The zero-order valence-electron chi connectivity index (χ0n) is 12.5. The molecule has 3 heterocycles. The van der Waals surface area contributed by atoms with Gasteiger partial charge in [0.05, 0.1) is 17.6 Å². The SMILES string of the molecule is Cc1nn(C)c2ncc(NC(=O)c3ccc4n[nH]nc4c3)cc12. The van der Waals surface area contributed by atoms with Gasteiger partial charge in [-0.05, 0) is 31.2 Å². The molecular weight excluding hydrogens is 294 g/mol. The van der Waals surface area contributed by atoms with E-state index in [4.69, 9.17) is 0 Å². The highest BCUT2D eigenvalue weighted by molar-refractivity contribution is 6.06. The van der Waals surface area contributed by atoms with Crippen LogP contribution >= 0.6 is 0 Å². The van der Waals surface area contributed by atoms with Gasteiger partial charge in [-0.25, -0.2) is 4.98 Å². The molecule has 0 fully saturated rings. The minimum absolute atomic E-state index is 0.224. The van der Waals surface area contributed by atoms with E-state index in [1.165, 1.54) is 0 Å². The molecule has 2 N–H and O–H groups in total. The van der Waals surface area contributed by atoms with Gasteiger partial charge in [0.1, 0.15) is 11.0 Å². The molecule has 1 amide bonds. The Bertz CT molecular complexity index is 1050. The molecule has 0 unspecified atom stereocenters. The second-order valence-corrected chi connectivity index (χ2v) is 5.29. The molecule has 0 atom stereocenters. The van der Waals surface area contributed by atoms with Crippen LogP contribution in [0.1, 0.15) is 16.1 Å². The van der Waals surface area contributed by atoms with Crippen LogP contribution in [0.5, 0.6) is 0 Å². The molecule has 0 saturated heterocycles. The van der Waals surface area contributed by atoms with Crippen molar-refractivity contribution in [1.29, 1.82) is 0 Å². The van der Waals surface area contributed by atoms with Gasteiger partial charge in [-0.1, -0.05) is 0 Å². The van der Waals surface area contributed by atoms with Crippen LogP contribution in [0, 0.1) is 6.92 Å². The van der Waals surface area contributed by atoms with Crippen LogP contribution in [0.2, 0.25) is 0 Å². The summed E-state index contributed by atoms with van der Waals surface area (Å²) in [6, 6.07) is 7.02. The number of carbonyl (C=O) groups excluding carboxylic acids is 1. The number of aryl methyl sites for hydroxylation is 2. The number of nitrogens with zero attached hydrogens (tertiary/aromatic N) is 5. The average Bonchev–Trinajstić information content (AvgIpc) is 3.11. The summed E-state index contributed by atoms with van der Waals surface area (Å²) >= 11 is 0. The normalized spacial score (nSPS) is 11.2. The predicted octanol–water partition coefficient (Wildman–Crippen LogP) is 1.80. The van der Waals surface area contributed by atoms with Crippen molar-refractivity contribution in [3.05, 3.63) is 41.7 Å². The molecule has 4 rings (SSSR count). The summed E-state index contributed by atoms with van der Waals surface area (Å²) < 4.78 is 1.72. The van der Waals surface area contributed by atoms with Gasteiger partial charge in [-0.3, -0.25) is 9.48 Å². The van der Waals surface area contributed by atoms with Crippen molar-refractivity contribution < 1.29 is 4.79 Å². The molecule has 0 radical (unpaired) electrons. The summed E-state index contributed by atoms with van der Waals surface area (Å²) in [5.41, 5.74) is 4.15. The molecule has 0 saturated carbocycles. The number of aromatic amines is 1. The Labute approximate surface area is 130 Å². The molecule has 3 aromatic heterocycles. The summed E-state index contributed by atoms with van der Waals surface area (Å²) in [7, 11) is 1.84. The van der Waals surface area contributed by atoms with Gasteiger partial charge in [-0.15, -0.1) is 0 Å². The third kappa shape index (κ3) is 2.20. The van der Waals surface area contributed by atoms with Gasteiger partial charge in [0, 0.05) is 18.0 Å². The van der Waals surface area contributed by atoms with Crippen LogP contribution in [0.25, 0.3) is 22.1 Å². The Morgan fingerprint density at radius 3 is 2.91 bits per heavy atom. The van der Waals surface area contributed by atoms with Crippen molar-refractivity contribution in [2.75, 3.05) is 5.32 Å². The number of hydrogen-bond donors (Lipinski definition) is 2. The Morgan fingerprint density at radius 1 is 1.22 bits per heavy atom. The molecule has 4 aromatic rings. The minimum atomic E-state index is -0.224. The Balaban J connectivity index is 1.66. The van der Waals surface area contributed by atoms with Crippen molar-refractivity contribution >= 4 is 33.7 Å². The van der Waals surface area contributed by atoms with E-state index in [9.17, 15) is 4.79 Å². The zero-order valence-corrected chi connectivity index (χ0v) is 12.5. The van der Waals surface area contributed by atoms with Crippen molar-refractivity contribution in [2.24, 2.45) is 7.05 Å². The number of benzene rings is 1. The summed E-state index contributed by atoms with van der Waals surface area (Å²) in [5, 5.41) is 18.6. The first-order chi connectivity index (χ1) is 11.1. The second kappa shape index (κ2) is 4.87. The fourth-order valence-corrected chi connectivity index (χ4v) is 2.56. The fraction of sp³-hybridized carbons (Fsp3) is 0.133. The number of fused-ring (bicyclic) bond motifs is 2. The van der Waals surface area contributed by atoms with Gasteiger partial charge in [-0.2, -0.15) is 20.5 Å². The maximum atomic E-state index is 12.4. The van der Waals surface area contributed by atoms with Crippen LogP contribution in [0.4, 0.5) is 5.69 Å². The highest BCUT2D eigenvalue weighted by Crippen LogP contribution is 2.20. The highest BCUT2D eigenvalue weighted by atomic mass is 16.1. The molecule has 0 aliphatic rings. The van der Waals surface area contributed by atoms with E-state index >= 15 is 0 Å². The lowest BCUT2D eigenvalue weighted by Crippen LogP contribution is -2.12. The lowest BCUT2D eigenvalue weighted by atomic mass is 10.2. The summed E-state index contributed by atoms with van der Waals surface area (Å²) in [5.74, 6) is -0.224. The van der Waals surface area contributed by atoms with Crippen LogP contribution in [0.15, 0.2) is 30.5 Å². The number of rotatable bonds is 2. The lowest BCUT2D eigenvalue weighted by molar-refractivity contribution is 0.102. The molecule has 0 aliphatic heterocycles. The van der Waals surface area contributed by atoms with Gasteiger partial charge in [0.15, 0.2) is 5.65 Å². The Hall–Kier alpha value is -3.29. The molecule has 0 spiro atoms. The first kappa shape index (κ1) is 13.4. The van der Waals surface area contributed by atoms with Gasteiger partial charge in [0.25, 0.3) is 5.91 Å². The van der Waals surface area contributed by atoms with E-state index in [0.717, 1.165) is 22.2 Å². The first-order valence-electron chi connectivity index (χ1n) is 7.03. The smallest absolute Gasteiger partial charge is 0.255 e. The molecule has 8 heteroatoms. The third-order valence-corrected chi connectivity index (χ3v) is 3.70. The molecule has 8 nitrogen and oxygen atoms in total. The van der Waals surface area contributed by atoms with Crippen LogP contribution < -0.4 is 5.32 Å². The van der Waals surface area contributed by atoms with Crippen molar-refractivity contribution in [2.45, 2.75) is 6.92 Å². The standard InChI is InChI=1S/C15H13N7O/c1-8-11-6-10(7-16-14(11)22(2)20-8)17-15(23)9-3-4-12-13(5-9)19-21-18-12/h3-7H,1-2H3,(H,17,23)(H,18,19,21). The van der Waals surface area contributed by atoms with E-state index in [0.29, 0.717) is 16.8 Å². The van der Waals surface area contributed by atoms with Crippen molar-refractivity contribution in [3.63, 3.8) is 0 Å². The Morgan fingerprint density at radius 2 is 2.04 bits per heavy atom. The van der Waals surface area contributed by atoms with Crippen LogP contribution in [0.3, 0.4) is 0 Å². The monoisotopic (exact) mass is 307 g/mol. The molecule has 114 valence electrons. The van der Waals surface area contributed by atoms with Gasteiger partial charge >= 0.3 is 0 Å². The maximum absolute atomic E-state index is 12.4. The predicted molar refractivity (Wildman–Crippen MR) is 85.1 cm³/mol. The summed E-state index contributed by atoms with van der Waals surface area (Å²) in [4.78, 5) is 16.7. The fourth-order valence-electron chi connectivity index (χ4n) is 2.56. The van der Waals surface area contributed by atoms with Crippen LogP contribution in [-0.4, -0.2) is 36.1 Å². The van der Waals surface area contributed by atoms with Gasteiger partial charge in [0.2, 0.25) is 0 Å². The molecule has 23 heavy (non-hydrogen) atoms.